The molecule has 29 heavy (non-hydrogen) atoms. The highest BCUT2D eigenvalue weighted by Crippen LogP contribution is 2.42. The first-order valence-corrected chi connectivity index (χ1v) is 9.22. The van der Waals surface area contributed by atoms with Gasteiger partial charge in [-0.05, 0) is 54.1 Å². The van der Waals surface area contributed by atoms with E-state index in [1.165, 1.54) is 29.2 Å². The van der Waals surface area contributed by atoms with Gasteiger partial charge in [0.05, 0.1) is 11.6 Å². The molecule has 0 saturated carbocycles. The van der Waals surface area contributed by atoms with Crippen LogP contribution in [0.5, 0.6) is 0 Å². The zero-order chi connectivity index (χ0) is 20.5. The van der Waals surface area contributed by atoms with Crippen molar-refractivity contribution >= 4 is 34.7 Å². The summed E-state index contributed by atoms with van der Waals surface area (Å²) in [4.78, 5) is 27.1. The quantitative estimate of drug-likeness (QED) is 0.373. The Balaban J connectivity index is 1.93. The third-order valence-corrected chi connectivity index (χ3v) is 5.03. The largest absolute Gasteiger partial charge is 0.507 e. The Labute approximate surface area is 171 Å². The average molecular weight is 408 g/mol. The number of carbonyl (C=O) groups is 2. The van der Waals surface area contributed by atoms with Gasteiger partial charge in [0.2, 0.25) is 0 Å². The standard InChI is InChI=1S/C23H15ClFNO3/c24-16-8-6-15(7-9-16)21(27)19-20(14-4-2-1-3-5-14)26(23(29)22(19)28)18-12-10-17(25)11-13-18/h1-13,20,27H/b21-19+. The molecule has 4 nitrogen and oxygen atoms in total. The maximum atomic E-state index is 13.4. The Kier molecular flexibility index (Phi) is 4.91. The van der Waals surface area contributed by atoms with E-state index in [2.05, 4.69) is 0 Å². The molecule has 3 aromatic carbocycles. The molecule has 1 fully saturated rings. The molecule has 0 bridgehead atoms. The number of anilines is 1. The molecule has 0 radical (unpaired) electrons. The molecule has 1 N–H and O–H groups in total. The Bertz CT molecular complexity index is 1110. The SMILES string of the molecule is O=C1C(=O)N(c2ccc(F)cc2)C(c2ccccc2)/C1=C(\O)c1ccc(Cl)cc1. The summed E-state index contributed by atoms with van der Waals surface area (Å²) in [6, 6.07) is 19.7. The Morgan fingerprint density at radius 2 is 1.52 bits per heavy atom. The first-order valence-electron chi connectivity index (χ1n) is 8.85. The summed E-state index contributed by atoms with van der Waals surface area (Å²) < 4.78 is 13.4. The van der Waals surface area contributed by atoms with Crippen molar-refractivity contribution in [3.8, 4) is 0 Å². The number of rotatable bonds is 3. The van der Waals surface area contributed by atoms with E-state index in [0.29, 0.717) is 21.8 Å². The number of carbonyl (C=O) groups excluding carboxylic acids is 2. The van der Waals surface area contributed by atoms with Crippen molar-refractivity contribution in [2.24, 2.45) is 0 Å². The van der Waals surface area contributed by atoms with Crippen LogP contribution < -0.4 is 4.90 Å². The fourth-order valence-electron chi connectivity index (χ4n) is 3.41. The van der Waals surface area contributed by atoms with Gasteiger partial charge >= 0.3 is 0 Å². The van der Waals surface area contributed by atoms with Crippen LogP contribution in [0.2, 0.25) is 5.02 Å². The summed E-state index contributed by atoms with van der Waals surface area (Å²) in [5.41, 5.74) is 1.34. The lowest BCUT2D eigenvalue weighted by molar-refractivity contribution is -0.132. The van der Waals surface area contributed by atoms with Crippen molar-refractivity contribution in [1.82, 2.24) is 0 Å². The molecule has 1 atom stereocenters. The van der Waals surface area contributed by atoms with Crippen LogP contribution in [0, 0.1) is 5.82 Å². The Hall–Kier alpha value is -3.44. The van der Waals surface area contributed by atoms with Gasteiger partial charge < -0.3 is 5.11 Å². The lowest BCUT2D eigenvalue weighted by atomic mass is 9.95. The second-order valence-corrected chi connectivity index (χ2v) is 7.00. The third-order valence-electron chi connectivity index (χ3n) is 4.78. The first-order chi connectivity index (χ1) is 14.0. The van der Waals surface area contributed by atoms with E-state index in [-0.39, 0.29) is 11.3 Å². The highest BCUT2D eigenvalue weighted by Gasteiger charge is 2.46. The molecule has 0 aromatic heterocycles. The van der Waals surface area contributed by atoms with Gasteiger partial charge in [-0.25, -0.2) is 4.39 Å². The molecular weight excluding hydrogens is 393 g/mol. The number of Topliss-reactive ketones (excluding diaryl/α,β-unsaturated/α-hetero) is 1. The summed E-state index contributed by atoms with van der Waals surface area (Å²) in [6.45, 7) is 0. The van der Waals surface area contributed by atoms with E-state index < -0.39 is 23.5 Å². The summed E-state index contributed by atoms with van der Waals surface area (Å²) in [5.74, 6) is -2.35. The number of benzene rings is 3. The van der Waals surface area contributed by atoms with E-state index in [4.69, 9.17) is 11.6 Å². The monoisotopic (exact) mass is 407 g/mol. The number of amides is 1. The molecule has 6 heteroatoms. The van der Waals surface area contributed by atoms with Crippen LogP contribution in [0.1, 0.15) is 17.2 Å². The van der Waals surface area contributed by atoms with Gasteiger partial charge in [-0.2, -0.15) is 0 Å². The summed E-state index contributed by atoms with van der Waals surface area (Å²) >= 11 is 5.91. The van der Waals surface area contributed by atoms with Gasteiger partial charge in [0, 0.05) is 16.3 Å². The number of hydrogen-bond donors (Lipinski definition) is 1. The Morgan fingerprint density at radius 1 is 0.897 bits per heavy atom. The van der Waals surface area contributed by atoms with Gasteiger partial charge in [0.1, 0.15) is 11.6 Å². The zero-order valence-corrected chi connectivity index (χ0v) is 15.8. The van der Waals surface area contributed by atoms with Crippen molar-refractivity contribution in [3.05, 3.63) is 106 Å². The van der Waals surface area contributed by atoms with E-state index in [0.717, 1.165) is 0 Å². The van der Waals surface area contributed by atoms with Crippen LogP contribution in [-0.4, -0.2) is 16.8 Å². The molecular formula is C23H15ClFNO3. The molecule has 3 aromatic rings. The van der Waals surface area contributed by atoms with Gasteiger partial charge in [-0.3, -0.25) is 14.5 Å². The molecule has 1 amide bonds. The molecule has 1 saturated heterocycles. The number of ketones is 1. The van der Waals surface area contributed by atoms with Crippen molar-refractivity contribution in [3.63, 3.8) is 0 Å². The molecule has 1 aliphatic rings. The molecule has 1 heterocycles. The number of nitrogens with zero attached hydrogens (tertiary/aromatic N) is 1. The second-order valence-electron chi connectivity index (χ2n) is 6.56. The van der Waals surface area contributed by atoms with Crippen LogP contribution in [0.3, 0.4) is 0 Å². The number of aliphatic hydroxyl groups excluding tert-OH is 1. The second kappa shape index (κ2) is 7.53. The van der Waals surface area contributed by atoms with E-state index in [9.17, 15) is 19.1 Å². The fraction of sp³-hybridized carbons (Fsp3) is 0.0435. The fourth-order valence-corrected chi connectivity index (χ4v) is 3.54. The van der Waals surface area contributed by atoms with Gasteiger partial charge in [0.15, 0.2) is 0 Å². The molecule has 0 aliphatic carbocycles. The van der Waals surface area contributed by atoms with Crippen molar-refractivity contribution in [2.45, 2.75) is 6.04 Å². The van der Waals surface area contributed by atoms with Crippen molar-refractivity contribution in [2.75, 3.05) is 4.90 Å². The zero-order valence-electron chi connectivity index (χ0n) is 15.0. The molecule has 144 valence electrons. The average Bonchev–Trinajstić information content (AvgIpc) is 3.00. The lowest BCUT2D eigenvalue weighted by Gasteiger charge is -2.25. The van der Waals surface area contributed by atoms with Crippen LogP contribution in [0.25, 0.3) is 5.76 Å². The number of hydrogen-bond acceptors (Lipinski definition) is 3. The van der Waals surface area contributed by atoms with Gasteiger partial charge in [-0.1, -0.05) is 41.9 Å². The highest BCUT2D eigenvalue weighted by molar-refractivity contribution is 6.51. The third kappa shape index (κ3) is 3.41. The van der Waals surface area contributed by atoms with Crippen LogP contribution in [0.4, 0.5) is 10.1 Å². The maximum absolute atomic E-state index is 13.4. The van der Waals surface area contributed by atoms with Gasteiger partial charge in [-0.15, -0.1) is 0 Å². The minimum absolute atomic E-state index is 0.0344. The van der Waals surface area contributed by atoms with E-state index >= 15 is 0 Å². The van der Waals surface area contributed by atoms with Crippen molar-refractivity contribution < 1.29 is 19.1 Å². The summed E-state index contributed by atoms with van der Waals surface area (Å²) in [7, 11) is 0. The topological polar surface area (TPSA) is 57.6 Å². The van der Waals surface area contributed by atoms with Crippen LogP contribution in [-0.2, 0) is 9.59 Å². The molecule has 0 spiro atoms. The predicted molar refractivity (Wildman–Crippen MR) is 109 cm³/mol. The normalized spacial score (nSPS) is 18.3. The van der Waals surface area contributed by atoms with Crippen LogP contribution in [0.15, 0.2) is 84.4 Å². The molecule has 1 aliphatic heterocycles. The lowest BCUT2D eigenvalue weighted by Crippen LogP contribution is -2.29. The minimum atomic E-state index is -0.850. The Morgan fingerprint density at radius 3 is 2.14 bits per heavy atom. The molecule has 1 unspecified atom stereocenters. The number of halogens is 2. The first kappa shape index (κ1) is 18.9. The highest BCUT2D eigenvalue weighted by atomic mass is 35.5. The van der Waals surface area contributed by atoms with Crippen LogP contribution >= 0.6 is 11.6 Å². The number of aliphatic hydroxyl groups is 1. The van der Waals surface area contributed by atoms with E-state index in [1.54, 1.807) is 48.5 Å². The summed E-state index contributed by atoms with van der Waals surface area (Å²) in [6.07, 6.45) is 0. The minimum Gasteiger partial charge on any atom is -0.507 e. The summed E-state index contributed by atoms with van der Waals surface area (Å²) in [5, 5.41) is 11.4. The van der Waals surface area contributed by atoms with Crippen molar-refractivity contribution in [1.29, 1.82) is 0 Å². The maximum Gasteiger partial charge on any atom is 0.300 e. The smallest absolute Gasteiger partial charge is 0.300 e. The van der Waals surface area contributed by atoms with E-state index in [1.807, 2.05) is 6.07 Å². The molecule has 4 rings (SSSR count). The predicted octanol–water partition coefficient (Wildman–Crippen LogP) is 5.11. The van der Waals surface area contributed by atoms with Gasteiger partial charge in [0.25, 0.3) is 11.7 Å².